The second-order valence-electron chi connectivity index (χ2n) is 3.72. The van der Waals surface area contributed by atoms with Crippen molar-refractivity contribution in [3.8, 4) is 0 Å². The van der Waals surface area contributed by atoms with Crippen molar-refractivity contribution in [1.82, 2.24) is 13.7 Å². The van der Waals surface area contributed by atoms with Crippen LogP contribution in [-0.2, 0) is 25.0 Å². The number of nitrogens with zero attached hydrogens (tertiary/aromatic N) is 1. The first-order valence-corrected chi connectivity index (χ1v) is 8.76. The number of hydrogen-bond acceptors (Lipinski definition) is 5. The molecule has 0 bridgehead atoms. The highest BCUT2D eigenvalue weighted by Gasteiger charge is 2.24. The van der Waals surface area contributed by atoms with Crippen LogP contribution in [0.3, 0.4) is 0 Å². The Morgan fingerprint density at radius 2 is 1.72 bits per heavy atom. The molecule has 0 aromatic carbocycles. The molecule has 1 rings (SSSR count). The number of sulfonamides is 1. The molecule has 0 unspecified atom stereocenters. The van der Waals surface area contributed by atoms with Gasteiger partial charge in [0.1, 0.15) is 0 Å². The van der Waals surface area contributed by atoms with Crippen LogP contribution >= 0.6 is 0 Å². The molecule has 0 atom stereocenters. The van der Waals surface area contributed by atoms with Gasteiger partial charge in [-0.15, -0.1) is 0 Å². The SMILES string of the molecule is CCNS(=O)(=O)NCCS(=O)(=O)N1CCOCC1. The van der Waals surface area contributed by atoms with Crippen LogP contribution in [0.4, 0.5) is 0 Å². The van der Waals surface area contributed by atoms with Crippen molar-refractivity contribution in [3.05, 3.63) is 0 Å². The van der Waals surface area contributed by atoms with Crippen molar-refractivity contribution in [2.45, 2.75) is 6.92 Å². The molecule has 0 saturated carbocycles. The molecule has 0 radical (unpaired) electrons. The zero-order chi connectivity index (χ0) is 13.6. The second kappa shape index (κ2) is 6.78. The molecule has 1 fully saturated rings. The minimum atomic E-state index is -3.59. The lowest BCUT2D eigenvalue weighted by molar-refractivity contribution is 0.0730. The predicted octanol–water partition coefficient (Wildman–Crippen LogP) is -1.91. The molecule has 18 heavy (non-hydrogen) atoms. The molecule has 1 saturated heterocycles. The van der Waals surface area contributed by atoms with Gasteiger partial charge < -0.3 is 4.74 Å². The van der Waals surface area contributed by atoms with Crippen LogP contribution in [0.25, 0.3) is 0 Å². The fourth-order valence-corrected chi connectivity index (χ4v) is 3.81. The standard InChI is InChI=1S/C8H19N3O5S2/c1-2-9-18(14,15)10-3-8-17(12,13)11-4-6-16-7-5-11/h9-10H,2-8H2,1H3. The van der Waals surface area contributed by atoms with E-state index in [1.807, 2.05) is 0 Å². The fraction of sp³-hybridized carbons (Fsp3) is 1.00. The van der Waals surface area contributed by atoms with E-state index in [9.17, 15) is 16.8 Å². The van der Waals surface area contributed by atoms with Gasteiger partial charge in [0, 0.05) is 26.2 Å². The zero-order valence-electron chi connectivity index (χ0n) is 10.3. The Kier molecular flexibility index (Phi) is 5.95. The highest BCUT2D eigenvalue weighted by molar-refractivity contribution is 7.89. The monoisotopic (exact) mass is 301 g/mol. The van der Waals surface area contributed by atoms with Crippen molar-refractivity contribution in [2.75, 3.05) is 45.1 Å². The maximum Gasteiger partial charge on any atom is 0.276 e. The third kappa shape index (κ3) is 5.16. The molecular formula is C8H19N3O5S2. The molecule has 10 heteroatoms. The summed E-state index contributed by atoms with van der Waals surface area (Å²) in [5.41, 5.74) is 0. The summed E-state index contributed by atoms with van der Waals surface area (Å²) in [5, 5.41) is 0. The van der Waals surface area contributed by atoms with Gasteiger partial charge in [-0.25, -0.2) is 17.9 Å². The molecule has 8 nitrogen and oxygen atoms in total. The maximum absolute atomic E-state index is 11.8. The lowest BCUT2D eigenvalue weighted by Gasteiger charge is -2.26. The summed E-state index contributed by atoms with van der Waals surface area (Å²) in [6, 6.07) is 0. The Hall–Kier alpha value is -0.260. The van der Waals surface area contributed by atoms with Crippen molar-refractivity contribution in [2.24, 2.45) is 0 Å². The van der Waals surface area contributed by atoms with E-state index in [1.165, 1.54) is 4.31 Å². The summed E-state index contributed by atoms with van der Waals surface area (Å²) in [6.07, 6.45) is 0. The van der Waals surface area contributed by atoms with E-state index in [4.69, 9.17) is 4.74 Å². The van der Waals surface area contributed by atoms with E-state index in [1.54, 1.807) is 6.92 Å². The highest BCUT2D eigenvalue weighted by Crippen LogP contribution is 2.04. The first-order chi connectivity index (χ1) is 8.37. The first-order valence-electron chi connectivity index (χ1n) is 5.67. The van der Waals surface area contributed by atoms with Crippen LogP contribution in [-0.4, -0.2) is 66.3 Å². The Balaban J connectivity index is 2.42. The van der Waals surface area contributed by atoms with Crippen molar-refractivity contribution < 1.29 is 21.6 Å². The molecular weight excluding hydrogens is 282 g/mol. The summed E-state index contributed by atoms with van der Waals surface area (Å²) in [5.74, 6) is -0.252. The zero-order valence-corrected chi connectivity index (χ0v) is 11.9. The average Bonchev–Trinajstić information content (AvgIpc) is 2.29. The third-order valence-corrected chi connectivity index (χ3v) is 5.47. The van der Waals surface area contributed by atoms with E-state index < -0.39 is 20.2 Å². The summed E-state index contributed by atoms with van der Waals surface area (Å²) in [4.78, 5) is 0. The van der Waals surface area contributed by atoms with Gasteiger partial charge in [0.25, 0.3) is 10.2 Å². The van der Waals surface area contributed by atoms with E-state index >= 15 is 0 Å². The van der Waals surface area contributed by atoms with Gasteiger partial charge in [0.2, 0.25) is 10.0 Å². The van der Waals surface area contributed by atoms with Crippen LogP contribution in [0.2, 0.25) is 0 Å². The molecule has 2 N–H and O–H groups in total. The topological polar surface area (TPSA) is 105 Å². The molecule has 0 spiro atoms. The van der Waals surface area contributed by atoms with E-state index in [0.29, 0.717) is 26.3 Å². The summed E-state index contributed by atoms with van der Waals surface area (Å²) >= 11 is 0. The predicted molar refractivity (Wildman–Crippen MR) is 66.8 cm³/mol. The molecule has 0 aliphatic carbocycles. The van der Waals surface area contributed by atoms with Crippen molar-refractivity contribution >= 4 is 20.2 Å². The minimum Gasteiger partial charge on any atom is -0.379 e. The first kappa shape index (κ1) is 15.8. The van der Waals surface area contributed by atoms with Crippen LogP contribution in [0.15, 0.2) is 0 Å². The Labute approximate surface area is 108 Å². The Bertz CT molecular complexity index is 441. The largest absolute Gasteiger partial charge is 0.379 e. The number of ether oxygens (including phenoxy) is 1. The van der Waals surface area contributed by atoms with E-state index in [0.717, 1.165) is 0 Å². The van der Waals surface area contributed by atoms with Gasteiger partial charge in [-0.2, -0.15) is 12.7 Å². The summed E-state index contributed by atoms with van der Waals surface area (Å²) in [6.45, 7) is 3.15. The van der Waals surface area contributed by atoms with Crippen LogP contribution < -0.4 is 9.44 Å². The minimum absolute atomic E-state index is 0.144. The Morgan fingerprint density at radius 3 is 2.28 bits per heavy atom. The van der Waals surface area contributed by atoms with Gasteiger partial charge in [-0.1, -0.05) is 6.92 Å². The summed E-state index contributed by atoms with van der Waals surface area (Å²) in [7, 11) is -7.01. The molecule has 108 valence electrons. The molecule has 1 aliphatic heterocycles. The van der Waals surface area contributed by atoms with E-state index in [2.05, 4.69) is 9.44 Å². The van der Waals surface area contributed by atoms with Crippen molar-refractivity contribution in [1.29, 1.82) is 0 Å². The lowest BCUT2D eigenvalue weighted by Crippen LogP contribution is -2.45. The van der Waals surface area contributed by atoms with Crippen molar-refractivity contribution in [3.63, 3.8) is 0 Å². The number of hydrogen-bond donors (Lipinski definition) is 2. The maximum atomic E-state index is 11.8. The molecule has 0 aromatic rings. The van der Waals surface area contributed by atoms with Crippen LogP contribution in [0.1, 0.15) is 6.92 Å². The Morgan fingerprint density at radius 1 is 1.11 bits per heavy atom. The number of nitrogens with one attached hydrogen (secondary N) is 2. The van der Waals surface area contributed by atoms with E-state index in [-0.39, 0.29) is 18.8 Å². The van der Waals surface area contributed by atoms with Gasteiger partial charge in [-0.3, -0.25) is 0 Å². The van der Waals surface area contributed by atoms with Crippen LogP contribution in [0.5, 0.6) is 0 Å². The second-order valence-corrected chi connectivity index (χ2v) is 7.40. The smallest absolute Gasteiger partial charge is 0.276 e. The van der Waals surface area contributed by atoms with Gasteiger partial charge in [0.05, 0.1) is 19.0 Å². The fourth-order valence-electron chi connectivity index (χ4n) is 1.50. The van der Waals surface area contributed by atoms with Gasteiger partial charge >= 0.3 is 0 Å². The normalized spacial score (nSPS) is 18.9. The summed E-state index contributed by atoms with van der Waals surface area (Å²) < 4.78 is 56.9. The third-order valence-electron chi connectivity index (χ3n) is 2.35. The van der Waals surface area contributed by atoms with Crippen LogP contribution in [0, 0.1) is 0 Å². The number of morpholine rings is 1. The van der Waals surface area contributed by atoms with Gasteiger partial charge in [0.15, 0.2) is 0 Å². The molecule has 1 heterocycles. The number of rotatable bonds is 7. The van der Waals surface area contributed by atoms with Gasteiger partial charge in [-0.05, 0) is 0 Å². The average molecular weight is 301 g/mol. The molecule has 0 aromatic heterocycles. The highest BCUT2D eigenvalue weighted by atomic mass is 32.2. The molecule has 0 amide bonds. The molecule has 1 aliphatic rings. The quantitative estimate of drug-likeness (QED) is 0.571. The lowest BCUT2D eigenvalue weighted by atomic mass is 10.5.